The van der Waals surface area contributed by atoms with Crippen LogP contribution in [0.5, 0.6) is 0 Å². The van der Waals surface area contributed by atoms with E-state index in [1.807, 2.05) is 6.92 Å². The summed E-state index contributed by atoms with van der Waals surface area (Å²) in [7, 11) is 1.64. The molecule has 6 heteroatoms. The molecule has 0 aromatic rings. The molecule has 0 radical (unpaired) electrons. The second-order valence-electron chi connectivity index (χ2n) is 6.28. The fourth-order valence-corrected chi connectivity index (χ4v) is 2.49. The number of amides is 2. The maximum absolute atomic E-state index is 12.5. The highest BCUT2D eigenvalue weighted by Gasteiger charge is 2.43. The zero-order valence-corrected chi connectivity index (χ0v) is 12.8. The van der Waals surface area contributed by atoms with Crippen LogP contribution in [0.25, 0.3) is 0 Å². The van der Waals surface area contributed by atoms with Crippen LogP contribution in [0.1, 0.15) is 40.0 Å². The molecule has 1 rings (SSSR count). The number of rotatable bonds is 4. The molecule has 0 bridgehead atoms. The maximum Gasteiger partial charge on any atom is 0.320 e. The van der Waals surface area contributed by atoms with Crippen molar-refractivity contribution in [3.05, 3.63) is 0 Å². The van der Waals surface area contributed by atoms with Gasteiger partial charge < -0.3 is 20.0 Å². The summed E-state index contributed by atoms with van der Waals surface area (Å²) in [4.78, 5) is 27.1. The molecule has 1 atom stereocenters. The zero-order valence-electron chi connectivity index (χ0n) is 12.8. The topological polar surface area (TPSA) is 81.1 Å². The molecule has 0 aromatic carbocycles. The summed E-state index contributed by atoms with van der Waals surface area (Å²) >= 11 is 0. The summed E-state index contributed by atoms with van der Waals surface area (Å²) in [5.41, 5.74) is -1.50. The average molecular weight is 286 g/mol. The lowest BCUT2D eigenvalue weighted by atomic mass is 9.78. The monoisotopic (exact) mass is 286 g/mol. The molecule has 0 saturated carbocycles. The standard InChI is InChI=1S/C14H26N2O4/c1-5-14(11(18)19)7-6-8-16(9-14)12(20)15(4)13(2,3)10-17/h17H,5-10H2,1-4H3,(H,18,19). The number of piperidine rings is 1. The minimum atomic E-state index is -0.835. The average Bonchev–Trinajstić information content (AvgIpc) is 2.45. The van der Waals surface area contributed by atoms with Gasteiger partial charge in [0, 0.05) is 20.1 Å². The highest BCUT2D eigenvalue weighted by atomic mass is 16.4. The van der Waals surface area contributed by atoms with Gasteiger partial charge in [0.2, 0.25) is 0 Å². The first-order valence-electron chi connectivity index (χ1n) is 7.07. The van der Waals surface area contributed by atoms with Gasteiger partial charge >= 0.3 is 12.0 Å². The SMILES string of the molecule is CCC1(C(=O)O)CCCN(C(=O)N(C)C(C)(C)CO)C1. The quantitative estimate of drug-likeness (QED) is 0.818. The lowest BCUT2D eigenvalue weighted by Crippen LogP contribution is -2.57. The van der Waals surface area contributed by atoms with E-state index in [-0.39, 0.29) is 19.2 Å². The van der Waals surface area contributed by atoms with E-state index in [1.54, 1.807) is 25.8 Å². The third-order valence-corrected chi connectivity index (χ3v) is 4.56. The van der Waals surface area contributed by atoms with Crippen LogP contribution in [0.3, 0.4) is 0 Å². The van der Waals surface area contributed by atoms with Gasteiger partial charge in [-0.2, -0.15) is 0 Å². The Morgan fingerprint density at radius 3 is 2.45 bits per heavy atom. The van der Waals surface area contributed by atoms with Crippen molar-refractivity contribution in [3.63, 3.8) is 0 Å². The van der Waals surface area contributed by atoms with Gasteiger partial charge in [0.15, 0.2) is 0 Å². The second-order valence-corrected chi connectivity index (χ2v) is 6.28. The predicted octanol–water partition coefficient (Wildman–Crippen LogP) is 1.39. The number of likely N-dealkylation sites (N-methyl/N-ethyl adjacent to an activating group) is 1. The molecule has 1 saturated heterocycles. The number of hydrogen-bond donors (Lipinski definition) is 2. The molecule has 1 aliphatic heterocycles. The van der Waals surface area contributed by atoms with Gasteiger partial charge in [0.05, 0.1) is 17.6 Å². The summed E-state index contributed by atoms with van der Waals surface area (Å²) < 4.78 is 0. The number of aliphatic hydroxyl groups excluding tert-OH is 1. The molecular formula is C14H26N2O4. The van der Waals surface area contributed by atoms with Crippen LogP contribution in [0.4, 0.5) is 4.79 Å². The van der Waals surface area contributed by atoms with Crippen molar-refractivity contribution in [3.8, 4) is 0 Å². The van der Waals surface area contributed by atoms with Crippen LogP contribution in [0.2, 0.25) is 0 Å². The summed E-state index contributed by atoms with van der Waals surface area (Å²) in [5.74, 6) is -0.832. The Morgan fingerprint density at radius 1 is 1.40 bits per heavy atom. The van der Waals surface area contributed by atoms with Gasteiger partial charge in [-0.25, -0.2) is 4.79 Å². The smallest absolute Gasteiger partial charge is 0.320 e. The molecule has 0 spiro atoms. The molecule has 1 aliphatic rings. The fraction of sp³-hybridized carbons (Fsp3) is 0.857. The Morgan fingerprint density at radius 2 is 2.00 bits per heavy atom. The van der Waals surface area contributed by atoms with E-state index in [4.69, 9.17) is 0 Å². The van der Waals surface area contributed by atoms with Gasteiger partial charge in [-0.15, -0.1) is 0 Å². The first-order valence-corrected chi connectivity index (χ1v) is 7.07. The molecular weight excluding hydrogens is 260 g/mol. The molecule has 0 aromatic heterocycles. The van der Waals surface area contributed by atoms with Gasteiger partial charge in [-0.1, -0.05) is 6.92 Å². The number of carbonyl (C=O) groups excluding carboxylic acids is 1. The van der Waals surface area contributed by atoms with E-state index in [1.165, 1.54) is 4.90 Å². The highest BCUT2D eigenvalue weighted by molar-refractivity contribution is 5.79. The third-order valence-electron chi connectivity index (χ3n) is 4.56. The van der Waals surface area contributed by atoms with Gasteiger partial charge in [0.1, 0.15) is 0 Å². The van der Waals surface area contributed by atoms with Crippen LogP contribution in [-0.4, -0.2) is 64.3 Å². The molecule has 2 amide bonds. The van der Waals surface area contributed by atoms with E-state index in [2.05, 4.69) is 0 Å². The maximum atomic E-state index is 12.5. The number of carboxylic acid groups (broad SMARTS) is 1. The normalized spacial score (nSPS) is 23.6. The van der Waals surface area contributed by atoms with Crippen molar-refractivity contribution < 1.29 is 19.8 Å². The largest absolute Gasteiger partial charge is 0.481 e. The first kappa shape index (κ1) is 16.8. The molecule has 116 valence electrons. The van der Waals surface area contributed by atoms with Crippen LogP contribution >= 0.6 is 0 Å². The van der Waals surface area contributed by atoms with E-state index >= 15 is 0 Å². The number of urea groups is 1. The Balaban J connectivity index is 2.87. The van der Waals surface area contributed by atoms with Crippen molar-refractivity contribution in [1.82, 2.24) is 9.80 Å². The van der Waals surface area contributed by atoms with E-state index in [0.717, 1.165) is 0 Å². The minimum Gasteiger partial charge on any atom is -0.481 e. The second kappa shape index (κ2) is 5.99. The molecule has 0 aliphatic carbocycles. The van der Waals surface area contributed by atoms with Gasteiger partial charge in [-0.05, 0) is 33.1 Å². The molecule has 1 heterocycles. The molecule has 1 unspecified atom stereocenters. The minimum absolute atomic E-state index is 0.138. The number of carboxylic acids is 1. The number of hydrogen-bond acceptors (Lipinski definition) is 3. The van der Waals surface area contributed by atoms with Crippen LogP contribution in [0, 0.1) is 5.41 Å². The highest BCUT2D eigenvalue weighted by Crippen LogP contribution is 2.34. The summed E-state index contributed by atoms with van der Waals surface area (Å²) in [6, 6.07) is -0.220. The van der Waals surface area contributed by atoms with Gasteiger partial charge in [0.25, 0.3) is 0 Å². The van der Waals surface area contributed by atoms with Crippen molar-refractivity contribution in [2.45, 2.75) is 45.6 Å². The van der Waals surface area contributed by atoms with Crippen LogP contribution < -0.4 is 0 Å². The Kier molecular flexibility index (Phi) is 5.02. The summed E-state index contributed by atoms with van der Waals surface area (Å²) in [5, 5.41) is 18.8. The molecule has 6 nitrogen and oxygen atoms in total. The number of aliphatic carboxylic acids is 1. The summed E-state index contributed by atoms with van der Waals surface area (Å²) in [6.45, 7) is 6.08. The number of aliphatic hydroxyl groups is 1. The lowest BCUT2D eigenvalue weighted by molar-refractivity contribution is -0.152. The lowest BCUT2D eigenvalue weighted by Gasteiger charge is -2.43. The number of nitrogens with zero attached hydrogens (tertiary/aromatic N) is 2. The molecule has 1 fully saturated rings. The van der Waals surface area contributed by atoms with Crippen molar-refractivity contribution in [2.75, 3.05) is 26.7 Å². The van der Waals surface area contributed by atoms with Crippen molar-refractivity contribution >= 4 is 12.0 Å². The zero-order chi connectivity index (χ0) is 15.6. The third kappa shape index (κ3) is 3.06. The molecule has 2 N–H and O–H groups in total. The van der Waals surface area contributed by atoms with E-state index in [9.17, 15) is 19.8 Å². The predicted molar refractivity (Wildman–Crippen MR) is 75.5 cm³/mol. The summed E-state index contributed by atoms with van der Waals surface area (Å²) in [6.07, 6.45) is 1.81. The van der Waals surface area contributed by atoms with Crippen molar-refractivity contribution in [2.24, 2.45) is 5.41 Å². The Bertz CT molecular complexity index is 383. The van der Waals surface area contributed by atoms with Crippen LogP contribution in [0.15, 0.2) is 0 Å². The number of carbonyl (C=O) groups is 2. The van der Waals surface area contributed by atoms with Crippen LogP contribution in [-0.2, 0) is 4.79 Å². The van der Waals surface area contributed by atoms with Gasteiger partial charge in [-0.3, -0.25) is 4.79 Å². The van der Waals surface area contributed by atoms with E-state index in [0.29, 0.717) is 25.8 Å². The fourth-order valence-electron chi connectivity index (χ4n) is 2.49. The number of likely N-dealkylation sites (tertiary alicyclic amines) is 1. The van der Waals surface area contributed by atoms with Crippen molar-refractivity contribution in [1.29, 1.82) is 0 Å². The Hall–Kier alpha value is -1.30. The molecule has 20 heavy (non-hydrogen) atoms. The van der Waals surface area contributed by atoms with E-state index < -0.39 is 16.9 Å². The first-order chi connectivity index (χ1) is 9.20. The Labute approximate surface area is 120 Å².